The van der Waals surface area contributed by atoms with E-state index in [-0.39, 0.29) is 5.60 Å². The lowest BCUT2D eigenvalue weighted by molar-refractivity contribution is -0.0619. The maximum atomic E-state index is 6.25. The van der Waals surface area contributed by atoms with E-state index in [4.69, 9.17) is 4.74 Å². The molecule has 1 heterocycles. The van der Waals surface area contributed by atoms with Gasteiger partial charge in [-0.15, -0.1) is 11.3 Å². The summed E-state index contributed by atoms with van der Waals surface area (Å²) in [6.45, 7) is 6.17. The summed E-state index contributed by atoms with van der Waals surface area (Å²) >= 11 is 5.53. The van der Waals surface area contributed by atoms with Crippen LogP contribution in [0.25, 0.3) is 0 Å². The molecule has 0 radical (unpaired) electrons. The van der Waals surface area contributed by atoms with E-state index in [1.54, 1.807) is 0 Å². The van der Waals surface area contributed by atoms with Crippen molar-refractivity contribution in [3.05, 3.63) is 20.8 Å². The van der Waals surface area contributed by atoms with Crippen LogP contribution in [0.15, 0.2) is 15.9 Å². The molecule has 0 bridgehead atoms. The second-order valence-corrected chi connectivity index (χ2v) is 7.03. The number of nitrogens with one attached hydrogen (secondary N) is 1. The molecule has 1 unspecified atom stereocenters. The summed E-state index contributed by atoms with van der Waals surface area (Å²) in [7, 11) is 0. The molecule has 19 heavy (non-hydrogen) atoms. The number of rotatable bonds is 7. The Kier molecular flexibility index (Phi) is 5.87. The van der Waals surface area contributed by atoms with E-state index >= 15 is 0 Å². The highest BCUT2D eigenvalue weighted by Crippen LogP contribution is 2.46. The van der Waals surface area contributed by atoms with E-state index in [1.165, 1.54) is 35.0 Å². The molecular weight excluding hydrogens is 322 g/mol. The van der Waals surface area contributed by atoms with Crippen LogP contribution in [0, 0.1) is 0 Å². The normalized spacial score (nSPS) is 19.7. The van der Waals surface area contributed by atoms with Crippen LogP contribution in [0.5, 0.6) is 0 Å². The molecule has 108 valence electrons. The van der Waals surface area contributed by atoms with Gasteiger partial charge in [-0.2, -0.15) is 0 Å². The van der Waals surface area contributed by atoms with E-state index in [0.717, 1.165) is 19.6 Å². The van der Waals surface area contributed by atoms with Crippen molar-refractivity contribution >= 4 is 27.3 Å². The van der Waals surface area contributed by atoms with Gasteiger partial charge >= 0.3 is 0 Å². The Morgan fingerprint density at radius 1 is 1.42 bits per heavy atom. The van der Waals surface area contributed by atoms with Gasteiger partial charge in [0.05, 0.1) is 11.6 Å². The second-order valence-electron chi connectivity index (χ2n) is 5.22. The van der Waals surface area contributed by atoms with Crippen molar-refractivity contribution in [3.8, 4) is 0 Å². The van der Waals surface area contributed by atoms with Gasteiger partial charge in [0.2, 0.25) is 0 Å². The third-order valence-corrected chi connectivity index (χ3v) is 5.85. The van der Waals surface area contributed by atoms with Crippen LogP contribution in [-0.4, -0.2) is 18.8 Å². The minimum atomic E-state index is -0.00269. The predicted molar refractivity (Wildman–Crippen MR) is 85.9 cm³/mol. The molecule has 1 aliphatic carbocycles. The van der Waals surface area contributed by atoms with Crippen LogP contribution < -0.4 is 5.32 Å². The molecule has 2 rings (SSSR count). The highest BCUT2D eigenvalue weighted by molar-refractivity contribution is 9.10. The van der Waals surface area contributed by atoms with Crippen molar-refractivity contribution in [2.45, 2.75) is 57.6 Å². The number of hydrogen-bond donors (Lipinski definition) is 1. The molecule has 0 amide bonds. The van der Waals surface area contributed by atoms with Crippen molar-refractivity contribution in [2.24, 2.45) is 0 Å². The maximum Gasteiger partial charge on any atom is 0.0884 e. The summed E-state index contributed by atoms with van der Waals surface area (Å²) < 4.78 is 7.47. The number of hydrogen-bond acceptors (Lipinski definition) is 3. The lowest BCUT2D eigenvalue weighted by atomic mass is 9.90. The molecule has 4 heteroatoms. The van der Waals surface area contributed by atoms with E-state index in [9.17, 15) is 0 Å². The van der Waals surface area contributed by atoms with Gasteiger partial charge in [0, 0.05) is 16.0 Å². The summed E-state index contributed by atoms with van der Waals surface area (Å²) in [6, 6.07) is 2.47. The third-order valence-electron chi connectivity index (χ3n) is 3.91. The van der Waals surface area contributed by atoms with E-state index in [2.05, 4.69) is 46.5 Å². The molecule has 0 aliphatic heterocycles. The smallest absolute Gasteiger partial charge is 0.0884 e. The molecule has 0 spiro atoms. The van der Waals surface area contributed by atoms with Gasteiger partial charge in [0.15, 0.2) is 0 Å². The van der Waals surface area contributed by atoms with Crippen LogP contribution in [0.3, 0.4) is 0 Å². The van der Waals surface area contributed by atoms with Gasteiger partial charge in [-0.3, -0.25) is 0 Å². The molecule has 1 fully saturated rings. The first kappa shape index (κ1) is 15.5. The van der Waals surface area contributed by atoms with Gasteiger partial charge < -0.3 is 10.1 Å². The van der Waals surface area contributed by atoms with E-state index in [0.29, 0.717) is 6.04 Å². The first-order valence-electron chi connectivity index (χ1n) is 7.33. The Morgan fingerprint density at radius 2 is 2.16 bits per heavy atom. The average molecular weight is 346 g/mol. The van der Waals surface area contributed by atoms with Crippen LogP contribution >= 0.6 is 27.3 Å². The average Bonchev–Trinajstić information content (AvgIpc) is 3.02. The molecule has 2 nitrogen and oxygen atoms in total. The Bertz CT molecular complexity index is 387. The maximum absolute atomic E-state index is 6.25. The summed E-state index contributed by atoms with van der Waals surface area (Å²) in [6.07, 6.45) is 6.07. The van der Waals surface area contributed by atoms with Gasteiger partial charge in [0.25, 0.3) is 0 Å². The number of halogens is 1. The molecular formula is C15H24BrNOS. The fourth-order valence-corrected chi connectivity index (χ4v) is 4.88. The minimum Gasteiger partial charge on any atom is -0.373 e. The topological polar surface area (TPSA) is 21.3 Å². The zero-order valence-corrected chi connectivity index (χ0v) is 14.3. The Labute approximate surface area is 129 Å². The molecule has 1 saturated carbocycles. The minimum absolute atomic E-state index is 0.00269. The molecule has 1 aliphatic rings. The summed E-state index contributed by atoms with van der Waals surface area (Å²) in [4.78, 5) is 1.39. The van der Waals surface area contributed by atoms with Gasteiger partial charge in [0.1, 0.15) is 0 Å². The monoisotopic (exact) mass is 345 g/mol. The van der Waals surface area contributed by atoms with E-state index < -0.39 is 0 Å². The third kappa shape index (κ3) is 3.41. The molecule has 1 aromatic rings. The zero-order valence-electron chi connectivity index (χ0n) is 11.9. The Balaban J connectivity index is 2.27. The van der Waals surface area contributed by atoms with Crippen molar-refractivity contribution in [2.75, 3.05) is 13.2 Å². The lowest BCUT2D eigenvalue weighted by Crippen LogP contribution is -2.44. The van der Waals surface area contributed by atoms with E-state index in [1.807, 2.05) is 11.3 Å². The van der Waals surface area contributed by atoms with Crippen molar-refractivity contribution in [1.82, 2.24) is 5.32 Å². The van der Waals surface area contributed by atoms with Crippen LogP contribution in [-0.2, 0) is 4.74 Å². The van der Waals surface area contributed by atoms with Crippen LogP contribution in [0.2, 0.25) is 0 Å². The van der Waals surface area contributed by atoms with Gasteiger partial charge in [-0.05, 0) is 60.1 Å². The van der Waals surface area contributed by atoms with Gasteiger partial charge in [-0.1, -0.05) is 19.8 Å². The Hall–Kier alpha value is 0.1000. The standard InChI is InChI=1S/C15H24BrNOS/c1-3-10-17-14(13-12(16)7-11-19-13)15(18-4-2)8-5-6-9-15/h7,11,14,17H,3-6,8-10H2,1-2H3. The summed E-state index contributed by atoms with van der Waals surface area (Å²) in [5, 5.41) is 5.90. The SMILES string of the molecule is CCCNC(c1sccc1Br)C1(OCC)CCCC1. The Morgan fingerprint density at radius 3 is 2.68 bits per heavy atom. The fraction of sp³-hybridized carbons (Fsp3) is 0.733. The molecule has 1 aromatic heterocycles. The molecule has 0 saturated heterocycles. The predicted octanol–water partition coefficient (Wildman–Crippen LogP) is 4.90. The van der Waals surface area contributed by atoms with Crippen molar-refractivity contribution in [1.29, 1.82) is 0 Å². The van der Waals surface area contributed by atoms with Crippen LogP contribution in [0.1, 0.15) is 56.9 Å². The number of ether oxygens (including phenoxy) is 1. The highest BCUT2D eigenvalue weighted by atomic mass is 79.9. The van der Waals surface area contributed by atoms with Gasteiger partial charge in [-0.25, -0.2) is 0 Å². The van der Waals surface area contributed by atoms with Crippen LogP contribution in [0.4, 0.5) is 0 Å². The molecule has 1 atom stereocenters. The second kappa shape index (κ2) is 7.21. The lowest BCUT2D eigenvalue weighted by Gasteiger charge is -2.38. The molecule has 0 aromatic carbocycles. The summed E-state index contributed by atoms with van der Waals surface area (Å²) in [5.74, 6) is 0. The van der Waals surface area contributed by atoms with Crippen molar-refractivity contribution in [3.63, 3.8) is 0 Å². The largest absolute Gasteiger partial charge is 0.373 e. The molecule has 1 N–H and O–H groups in total. The zero-order chi connectivity index (χ0) is 13.7. The number of thiophene rings is 1. The first-order valence-corrected chi connectivity index (χ1v) is 9.01. The highest BCUT2D eigenvalue weighted by Gasteiger charge is 2.43. The quantitative estimate of drug-likeness (QED) is 0.758. The fourth-order valence-electron chi connectivity index (χ4n) is 3.09. The van der Waals surface area contributed by atoms with Crippen molar-refractivity contribution < 1.29 is 4.74 Å². The summed E-state index contributed by atoms with van der Waals surface area (Å²) in [5.41, 5.74) is -0.00269. The first-order chi connectivity index (χ1) is 9.23.